The molecular weight excluding hydrogens is 273 g/mol. The Morgan fingerprint density at radius 2 is 2.05 bits per heavy atom. The molecule has 0 bridgehead atoms. The molecular formula is C15H20FN3O2. The van der Waals surface area contributed by atoms with Gasteiger partial charge in [-0.05, 0) is 25.0 Å². The van der Waals surface area contributed by atoms with E-state index >= 15 is 0 Å². The van der Waals surface area contributed by atoms with E-state index in [2.05, 4.69) is 10.2 Å². The third-order valence-electron chi connectivity index (χ3n) is 4.76. The van der Waals surface area contributed by atoms with Gasteiger partial charge in [0.1, 0.15) is 5.69 Å². The smallest absolute Gasteiger partial charge is 0.327 e. The van der Waals surface area contributed by atoms with E-state index in [1.54, 1.807) is 12.1 Å². The van der Waals surface area contributed by atoms with Crippen LogP contribution >= 0.6 is 0 Å². The SMILES string of the molecule is O=[N+]([O-])c1c(F)cccc1N1CCNCC12CCCCC2. The first-order valence-corrected chi connectivity index (χ1v) is 7.55. The normalized spacial score (nSPS) is 21.5. The Bertz CT molecular complexity index is 535. The Kier molecular flexibility index (Phi) is 3.80. The molecule has 6 heteroatoms. The van der Waals surface area contributed by atoms with Crippen LogP contribution in [0.4, 0.5) is 15.8 Å². The fourth-order valence-electron chi connectivity index (χ4n) is 3.78. The van der Waals surface area contributed by atoms with Crippen molar-refractivity contribution in [3.05, 3.63) is 34.1 Å². The summed E-state index contributed by atoms with van der Waals surface area (Å²) in [7, 11) is 0. The van der Waals surface area contributed by atoms with Gasteiger partial charge in [-0.25, -0.2) is 0 Å². The first-order valence-electron chi connectivity index (χ1n) is 7.55. The van der Waals surface area contributed by atoms with E-state index in [0.29, 0.717) is 12.2 Å². The predicted octanol–water partition coefficient (Wildman–Crippen LogP) is 2.85. The van der Waals surface area contributed by atoms with Crippen LogP contribution in [-0.2, 0) is 0 Å². The van der Waals surface area contributed by atoms with Gasteiger partial charge in [-0.2, -0.15) is 4.39 Å². The zero-order valence-electron chi connectivity index (χ0n) is 12.0. The van der Waals surface area contributed by atoms with Crippen molar-refractivity contribution in [2.45, 2.75) is 37.6 Å². The van der Waals surface area contributed by atoms with Crippen molar-refractivity contribution in [1.82, 2.24) is 5.32 Å². The van der Waals surface area contributed by atoms with E-state index in [4.69, 9.17) is 0 Å². The van der Waals surface area contributed by atoms with Gasteiger partial charge in [0.25, 0.3) is 0 Å². The second-order valence-electron chi connectivity index (χ2n) is 5.98. The van der Waals surface area contributed by atoms with Gasteiger partial charge in [-0.15, -0.1) is 0 Å². The predicted molar refractivity (Wildman–Crippen MR) is 79.1 cm³/mol. The minimum atomic E-state index is -0.748. The van der Waals surface area contributed by atoms with Gasteiger partial charge in [-0.3, -0.25) is 10.1 Å². The molecule has 114 valence electrons. The van der Waals surface area contributed by atoms with Gasteiger partial charge in [0.05, 0.1) is 10.5 Å². The zero-order valence-corrected chi connectivity index (χ0v) is 12.0. The summed E-state index contributed by atoms with van der Waals surface area (Å²) in [6.07, 6.45) is 5.48. The number of nitrogens with zero attached hydrogens (tertiary/aromatic N) is 2. The maximum absolute atomic E-state index is 13.9. The van der Waals surface area contributed by atoms with Crippen LogP contribution in [-0.4, -0.2) is 30.1 Å². The number of anilines is 1. The zero-order chi connectivity index (χ0) is 14.9. The largest absolute Gasteiger partial charge is 0.358 e. The Labute approximate surface area is 123 Å². The second-order valence-corrected chi connectivity index (χ2v) is 5.98. The summed E-state index contributed by atoms with van der Waals surface area (Å²) >= 11 is 0. The first-order chi connectivity index (χ1) is 10.1. The minimum absolute atomic E-state index is 0.102. The summed E-state index contributed by atoms with van der Waals surface area (Å²) in [5.74, 6) is -0.748. The molecule has 5 nitrogen and oxygen atoms in total. The van der Waals surface area contributed by atoms with E-state index in [1.807, 2.05) is 0 Å². The first kappa shape index (κ1) is 14.3. The van der Waals surface area contributed by atoms with Crippen LogP contribution in [0.1, 0.15) is 32.1 Å². The molecule has 0 radical (unpaired) electrons. The lowest BCUT2D eigenvalue weighted by molar-refractivity contribution is -0.386. The number of piperazine rings is 1. The molecule has 1 N–H and O–H groups in total. The molecule has 1 saturated carbocycles. The van der Waals surface area contributed by atoms with E-state index < -0.39 is 10.7 Å². The van der Waals surface area contributed by atoms with Crippen molar-refractivity contribution in [3.8, 4) is 0 Å². The standard InChI is InChI=1S/C15H20FN3O2/c16-12-5-4-6-13(14(12)19(20)21)18-10-9-17-11-15(18)7-2-1-3-8-15/h4-6,17H,1-3,7-11H2. The third kappa shape index (κ3) is 2.48. The van der Waals surface area contributed by atoms with E-state index in [9.17, 15) is 14.5 Å². The molecule has 21 heavy (non-hydrogen) atoms. The third-order valence-corrected chi connectivity index (χ3v) is 4.76. The van der Waals surface area contributed by atoms with Crippen molar-refractivity contribution in [3.63, 3.8) is 0 Å². The fourth-order valence-corrected chi connectivity index (χ4v) is 3.78. The molecule has 1 spiro atoms. The van der Waals surface area contributed by atoms with Crippen LogP contribution in [0.25, 0.3) is 0 Å². The molecule has 0 amide bonds. The van der Waals surface area contributed by atoms with E-state index in [-0.39, 0.29) is 11.2 Å². The number of hydrogen-bond donors (Lipinski definition) is 1. The highest BCUT2D eigenvalue weighted by molar-refractivity contribution is 5.65. The summed E-state index contributed by atoms with van der Waals surface area (Å²) in [6.45, 7) is 2.28. The number of nitrogens with one attached hydrogen (secondary N) is 1. The van der Waals surface area contributed by atoms with Crippen molar-refractivity contribution >= 4 is 11.4 Å². The van der Waals surface area contributed by atoms with Gasteiger partial charge < -0.3 is 10.2 Å². The van der Waals surface area contributed by atoms with Crippen molar-refractivity contribution in [2.24, 2.45) is 0 Å². The van der Waals surface area contributed by atoms with Gasteiger partial charge in [0, 0.05) is 19.6 Å². The molecule has 2 aliphatic rings. The van der Waals surface area contributed by atoms with Crippen molar-refractivity contribution in [2.75, 3.05) is 24.5 Å². The number of nitro benzene ring substituents is 1. The maximum atomic E-state index is 13.9. The maximum Gasteiger partial charge on any atom is 0.327 e. The molecule has 0 atom stereocenters. The summed E-state index contributed by atoms with van der Waals surface area (Å²) < 4.78 is 13.9. The molecule has 2 fully saturated rings. The fraction of sp³-hybridized carbons (Fsp3) is 0.600. The molecule has 1 aromatic carbocycles. The topological polar surface area (TPSA) is 58.4 Å². The van der Waals surface area contributed by atoms with E-state index in [1.165, 1.54) is 6.42 Å². The number of benzene rings is 1. The summed E-state index contributed by atoms with van der Waals surface area (Å²) in [6, 6.07) is 4.41. The Morgan fingerprint density at radius 1 is 1.29 bits per heavy atom. The van der Waals surface area contributed by atoms with Gasteiger partial charge in [-0.1, -0.05) is 25.3 Å². The minimum Gasteiger partial charge on any atom is -0.358 e. The molecule has 1 aromatic rings. The van der Waals surface area contributed by atoms with Gasteiger partial charge >= 0.3 is 5.69 Å². The van der Waals surface area contributed by atoms with Crippen molar-refractivity contribution in [1.29, 1.82) is 0 Å². The Morgan fingerprint density at radius 3 is 2.76 bits per heavy atom. The van der Waals surface area contributed by atoms with Crippen LogP contribution in [0.15, 0.2) is 18.2 Å². The highest BCUT2D eigenvalue weighted by atomic mass is 19.1. The number of hydrogen-bond acceptors (Lipinski definition) is 4. The van der Waals surface area contributed by atoms with Crippen molar-refractivity contribution < 1.29 is 9.31 Å². The van der Waals surface area contributed by atoms with Crippen LogP contribution in [0, 0.1) is 15.9 Å². The number of para-hydroxylation sites is 1. The lowest BCUT2D eigenvalue weighted by Crippen LogP contribution is -2.62. The summed E-state index contributed by atoms with van der Waals surface area (Å²) in [4.78, 5) is 12.8. The molecule has 1 heterocycles. The molecule has 1 aliphatic carbocycles. The number of nitro groups is 1. The summed E-state index contributed by atoms with van der Waals surface area (Å²) in [5.41, 5.74) is -0.0533. The molecule has 1 aliphatic heterocycles. The van der Waals surface area contributed by atoms with Crippen LogP contribution in [0.3, 0.4) is 0 Å². The number of halogens is 1. The van der Waals surface area contributed by atoms with Crippen LogP contribution < -0.4 is 10.2 Å². The average Bonchev–Trinajstić information content (AvgIpc) is 2.48. The second kappa shape index (κ2) is 5.60. The number of rotatable bonds is 2. The molecule has 0 unspecified atom stereocenters. The Balaban J connectivity index is 2.05. The highest BCUT2D eigenvalue weighted by Gasteiger charge is 2.42. The van der Waals surface area contributed by atoms with Crippen LogP contribution in [0.2, 0.25) is 0 Å². The highest BCUT2D eigenvalue weighted by Crippen LogP contribution is 2.41. The molecule has 0 aromatic heterocycles. The van der Waals surface area contributed by atoms with E-state index in [0.717, 1.165) is 44.8 Å². The Hall–Kier alpha value is -1.69. The van der Waals surface area contributed by atoms with Gasteiger partial charge in [0.2, 0.25) is 5.82 Å². The molecule has 3 rings (SSSR count). The van der Waals surface area contributed by atoms with Gasteiger partial charge in [0.15, 0.2) is 0 Å². The average molecular weight is 293 g/mol. The summed E-state index contributed by atoms with van der Waals surface area (Å²) in [5, 5.41) is 14.7. The lowest BCUT2D eigenvalue weighted by atomic mass is 9.78. The quantitative estimate of drug-likeness (QED) is 0.673. The monoisotopic (exact) mass is 293 g/mol. The lowest BCUT2D eigenvalue weighted by Gasteiger charge is -2.50. The molecule has 1 saturated heterocycles. The van der Waals surface area contributed by atoms with Crippen LogP contribution in [0.5, 0.6) is 0 Å².